The fourth-order valence-corrected chi connectivity index (χ4v) is 1.18. The second kappa shape index (κ2) is 4.42. The molecule has 0 heterocycles. The van der Waals surface area contributed by atoms with Crippen molar-refractivity contribution in [2.45, 2.75) is 25.7 Å². The number of hydrogen-bond acceptors (Lipinski definition) is 2. The number of carbonyl (C=O) groups excluding carboxylic acids is 1. The molecule has 0 aliphatic heterocycles. The molecule has 0 spiro atoms. The molecular formula is C10H17NO2. The van der Waals surface area contributed by atoms with Crippen molar-refractivity contribution in [2.24, 2.45) is 5.41 Å². The summed E-state index contributed by atoms with van der Waals surface area (Å²) in [6, 6.07) is 0. The number of hydrogen-bond donors (Lipinski definition) is 2. The quantitative estimate of drug-likeness (QED) is 0.599. The van der Waals surface area contributed by atoms with E-state index >= 15 is 0 Å². The third-order valence-electron chi connectivity index (χ3n) is 2.53. The van der Waals surface area contributed by atoms with E-state index in [2.05, 4.69) is 11.9 Å². The molecule has 1 aliphatic carbocycles. The van der Waals surface area contributed by atoms with Gasteiger partial charge in [0.15, 0.2) is 0 Å². The molecule has 1 amide bonds. The van der Waals surface area contributed by atoms with Crippen molar-refractivity contribution in [3.8, 4) is 0 Å². The Hall–Kier alpha value is -0.830. The third-order valence-corrected chi connectivity index (χ3v) is 2.53. The lowest BCUT2D eigenvalue weighted by Crippen LogP contribution is -2.31. The standard InChI is InChI=1S/C10H17NO2/c1-2-3-4-9(13)11-7-10(8-12)5-6-10/h2,12H,1,3-8H2,(H,11,13). The molecule has 1 rings (SSSR count). The maximum Gasteiger partial charge on any atom is 0.220 e. The molecule has 3 heteroatoms. The van der Waals surface area contributed by atoms with E-state index in [0.717, 1.165) is 19.3 Å². The Morgan fingerprint density at radius 2 is 2.31 bits per heavy atom. The van der Waals surface area contributed by atoms with Crippen LogP contribution < -0.4 is 5.32 Å². The summed E-state index contributed by atoms with van der Waals surface area (Å²) in [5, 5.41) is 11.8. The first-order valence-electron chi connectivity index (χ1n) is 4.71. The normalized spacial score (nSPS) is 17.9. The van der Waals surface area contributed by atoms with E-state index in [9.17, 15) is 4.79 Å². The molecule has 0 unspecified atom stereocenters. The van der Waals surface area contributed by atoms with E-state index in [-0.39, 0.29) is 17.9 Å². The van der Waals surface area contributed by atoms with Gasteiger partial charge < -0.3 is 10.4 Å². The summed E-state index contributed by atoms with van der Waals surface area (Å²) in [6.45, 7) is 4.36. The highest BCUT2D eigenvalue weighted by atomic mass is 16.3. The highest BCUT2D eigenvalue weighted by molar-refractivity contribution is 5.76. The summed E-state index contributed by atoms with van der Waals surface area (Å²) in [5.74, 6) is 0.0552. The molecule has 0 bridgehead atoms. The van der Waals surface area contributed by atoms with Gasteiger partial charge in [0, 0.05) is 18.4 Å². The van der Waals surface area contributed by atoms with Crippen LogP contribution in [0.4, 0.5) is 0 Å². The molecule has 0 aromatic rings. The van der Waals surface area contributed by atoms with Gasteiger partial charge in [-0.2, -0.15) is 0 Å². The highest BCUT2D eigenvalue weighted by Gasteiger charge is 2.41. The first kappa shape index (κ1) is 10.3. The minimum atomic E-state index is 0.0177. The Morgan fingerprint density at radius 3 is 2.77 bits per heavy atom. The smallest absolute Gasteiger partial charge is 0.220 e. The van der Waals surface area contributed by atoms with E-state index in [1.54, 1.807) is 6.08 Å². The van der Waals surface area contributed by atoms with E-state index in [1.807, 2.05) is 0 Å². The molecule has 1 saturated carbocycles. The van der Waals surface area contributed by atoms with Gasteiger partial charge in [-0.25, -0.2) is 0 Å². The topological polar surface area (TPSA) is 49.3 Å². The lowest BCUT2D eigenvalue weighted by atomic mass is 10.1. The number of amides is 1. The SMILES string of the molecule is C=CCCC(=O)NCC1(CO)CC1. The summed E-state index contributed by atoms with van der Waals surface area (Å²) < 4.78 is 0. The summed E-state index contributed by atoms with van der Waals surface area (Å²) in [4.78, 5) is 11.2. The zero-order valence-corrected chi connectivity index (χ0v) is 7.88. The molecule has 0 saturated heterocycles. The fourth-order valence-electron chi connectivity index (χ4n) is 1.18. The van der Waals surface area contributed by atoms with Gasteiger partial charge >= 0.3 is 0 Å². The van der Waals surface area contributed by atoms with Gasteiger partial charge in [-0.3, -0.25) is 4.79 Å². The first-order chi connectivity index (χ1) is 6.22. The Bertz CT molecular complexity index is 197. The largest absolute Gasteiger partial charge is 0.396 e. The van der Waals surface area contributed by atoms with Crippen molar-refractivity contribution in [1.29, 1.82) is 0 Å². The number of aliphatic hydroxyl groups is 1. The molecule has 0 atom stereocenters. The lowest BCUT2D eigenvalue weighted by Gasteiger charge is -2.12. The van der Waals surface area contributed by atoms with Crippen molar-refractivity contribution in [1.82, 2.24) is 5.32 Å². The number of carbonyl (C=O) groups is 1. The Balaban J connectivity index is 2.11. The fraction of sp³-hybridized carbons (Fsp3) is 0.700. The third kappa shape index (κ3) is 3.19. The van der Waals surface area contributed by atoms with Crippen LogP contribution in [0.5, 0.6) is 0 Å². The average Bonchev–Trinajstić information content (AvgIpc) is 2.92. The van der Waals surface area contributed by atoms with Crippen molar-refractivity contribution < 1.29 is 9.90 Å². The van der Waals surface area contributed by atoms with Gasteiger partial charge in [0.2, 0.25) is 5.91 Å². The molecule has 0 aromatic heterocycles. The summed E-state index contributed by atoms with van der Waals surface area (Å²) in [6.07, 6.45) is 5.03. The molecule has 1 aliphatic rings. The van der Waals surface area contributed by atoms with Gasteiger partial charge in [-0.05, 0) is 19.3 Å². The molecule has 74 valence electrons. The minimum absolute atomic E-state index is 0.0177. The Labute approximate surface area is 78.8 Å². The van der Waals surface area contributed by atoms with Crippen LogP contribution in [0.15, 0.2) is 12.7 Å². The molecular weight excluding hydrogens is 166 g/mol. The monoisotopic (exact) mass is 183 g/mol. The lowest BCUT2D eigenvalue weighted by molar-refractivity contribution is -0.121. The van der Waals surface area contributed by atoms with E-state index in [0.29, 0.717) is 13.0 Å². The van der Waals surface area contributed by atoms with Crippen molar-refractivity contribution in [3.63, 3.8) is 0 Å². The summed E-state index contributed by atoms with van der Waals surface area (Å²) >= 11 is 0. The van der Waals surface area contributed by atoms with Crippen molar-refractivity contribution in [3.05, 3.63) is 12.7 Å². The summed E-state index contributed by atoms with van der Waals surface area (Å²) in [5.41, 5.74) is 0.0177. The van der Waals surface area contributed by atoms with Gasteiger partial charge in [0.1, 0.15) is 0 Å². The highest BCUT2D eigenvalue weighted by Crippen LogP contribution is 2.44. The van der Waals surface area contributed by atoms with Gasteiger partial charge in [-0.1, -0.05) is 6.08 Å². The maximum atomic E-state index is 11.2. The van der Waals surface area contributed by atoms with E-state index < -0.39 is 0 Å². The van der Waals surface area contributed by atoms with Crippen LogP contribution in [0.2, 0.25) is 0 Å². The van der Waals surface area contributed by atoms with Crippen LogP contribution >= 0.6 is 0 Å². The molecule has 2 N–H and O–H groups in total. The van der Waals surface area contributed by atoms with Crippen LogP contribution in [0.3, 0.4) is 0 Å². The Morgan fingerprint density at radius 1 is 1.62 bits per heavy atom. The number of nitrogens with one attached hydrogen (secondary N) is 1. The second-order valence-electron chi connectivity index (χ2n) is 3.76. The van der Waals surface area contributed by atoms with Gasteiger partial charge in [0.25, 0.3) is 0 Å². The zero-order valence-electron chi connectivity index (χ0n) is 7.88. The molecule has 1 fully saturated rings. The number of rotatable bonds is 6. The van der Waals surface area contributed by atoms with Crippen LogP contribution in [0.1, 0.15) is 25.7 Å². The second-order valence-corrected chi connectivity index (χ2v) is 3.76. The molecule has 0 radical (unpaired) electrons. The van der Waals surface area contributed by atoms with E-state index in [1.165, 1.54) is 0 Å². The van der Waals surface area contributed by atoms with Crippen molar-refractivity contribution >= 4 is 5.91 Å². The van der Waals surface area contributed by atoms with Gasteiger partial charge in [-0.15, -0.1) is 6.58 Å². The van der Waals surface area contributed by atoms with E-state index in [4.69, 9.17) is 5.11 Å². The van der Waals surface area contributed by atoms with Crippen LogP contribution in [-0.2, 0) is 4.79 Å². The van der Waals surface area contributed by atoms with Crippen LogP contribution in [0, 0.1) is 5.41 Å². The molecule has 13 heavy (non-hydrogen) atoms. The Kier molecular flexibility index (Phi) is 3.48. The first-order valence-corrected chi connectivity index (χ1v) is 4.71. The zero-order chi connectivity index (χ0) is 9.73. The molecule has 3 nitrogen and oxygen atoms in total. The van der Waals surface area contributed by atoms with Crippen LogP contribution in [0.25, 0.3) is 0 Å². The van der Waals surface area contributed by atoms with Gasteiger partial charge in [0.05, 0.1) is 6.61 Å². The number of aliphatic hydroxyl groups excluding tert-OH is 1. The average molecular weight is 183 g/mol. The van der Waals surface area contributed by atoms with Crippen molar-refractivity contribution in [2.75, 3.05) is 13.2 Å². The maximum absolute atomic E-state index is 11.2. The predicted octanol–water partition coefficient (Wildman–Crippen LogP) is 0.841. The summed E-state index contributed by atoms with van der Waals surface area (Å²) in [7, 11) is 0. The predicted molar refractivity (Wildman–Crippen MR) is 51.2 cm³/mol. The molecule has 0 aromatic carbocycles. The van der Waals surface area contributed by atoms with Crippen LogP contribution in [-0.4, -0.2) is 24.2 Å². The number of allylic oxidation sites excluding steroid dienone is 1. The minimum Gasteiger partial charge on any atom is -0.396 e.